The largest absolute Gasteiger partial charge is 0.372 e. The number of nitrogens with zero attached hydrogens (tertiary/aromatic N) is 2. The summed E-state index contributed by atoms with van der Waals surface area (Å²) in [5.74, 6) is 0. The molecule has 0 spiro atoms. The van der Waals surface area contributed by atoms with Gasteiger partial charge in [-0.3, -0.25) is 0 Å². The number of thiazole rings is 1. The first kappa shape index (κ1) is 10.7. The first-order valence-electron chi connectivity index (χ1n) is 3.37. The Morgan fingerprint density at radius 1 is 1.79 bits per heavy atom. The van der Waals surface area contributed by atoms with Gasteiger partial charge in [0.1, 0.15) is 0 Å². The maximum atomic E-state index is 10.7. The minimum atomic E-state index is -0.936. The van der Waals surface area contributed by atoms with Crippen molar-refractivity contribution in [2.24, 2.45) is 0 Å². The summed E-state index contributed by atoms with van der Waals surface area (Å²) in [7, 11) is 0. The van der Waals surface area contributed by atoms with E-state index in [1.165, 1.54) is 23.0 Å². The van der Waals surface area contributed by atoms with E-state index >= 15 is 0 Å². The van der Waals surface area contributed by atoms with Crippen molar-refractivity contribution in [1.29, 1.82) is 0 Å². The minimum Gasteiger partial charge on any atom is -0.329 e. The number of nitrogens with one attached hydrogen (secondary N) is 2. The molecule has 0 aromatic carbocycles. The van der Waals surface area contributed by atoms with Crippen LogP contribution in [0.25, 0.3) is 0 Å². The Kier molecular flexibility index (Phi) is 3.60. The van der Waals surface area contributed by atoms with Gasteiger partial charge in [0.25, 0.3) is 0 Å². The second-order valence-corrected chi connectivity index (χ2v) is 3.83. The van der Waals surface area contributed by atoms with Crippen LogP contribution >= 0.6 is 22.9 Å². The monoisotopic (exact) mass is 236 g/mol. The maximum Gasteiger partial charge on any atom is 0.372 e. The van der Waals surface area contributed by atoms with Gasteiger partial charge in [0.2, 0.25) is 0 Å². The molecule has 0 aliphatic heterocycles. The molecule has 1 rings (SSSR count). The first-order valence-corrected chi connectivity index (χ1v) is 4.56. The molecule has 76 valence electrons. The van der Waals surface area contributed by atoms with E-state index in [0.29, 0.717) is 9.34 Å². The molecular weight excluding hydrogens is 232 g/mol. The van der Waals surface area contributed by atoms with Gasteiger partial charge in [-0.15, -0.1) is 11.3 Å². The molecule has 0 radical (unpaired) electrons. The zero-order valence-corrected chi connectivity index (χ0v) is 8.26. The Bertz CT molecular complexity index is 355. The fraction of sp³-hybridized carbons (Fsp3) is 0.200. The van der Waals surface area contributed by atoms with Crippen molar-refractivity contribution in [3.05, 3.63) is 25.7 Å². The number of carbonyl (C=O) groups is 1. The number of hydrogen-bond donors (Lipinski definition) is 2. The first-order chi connectivity index (χ1) is 6.58. The molecule has 0 bridgehead atoms. The smallest absolute Gasteiger partial charge is 0.329 e. The number of carbonyl (C=O) groups excluding carboxylic acids is 1. The van der Waals surface area contributed by atoms with Gasteiger partial charge in [-0.25, -0.2) is 19.9 Å². The molecule has 7 nitrogen and oxygen atoms in total. The number of rotatable bonds is 3. The average Bonchev–Trinajstić information content (AvgIpc) is 2.47. The summed E-state index contributed by atoms with van der Waals surface area (Å²) >= 11 is 6.72. The number of amides is 2. The highest BCUT2D eigenvalue weighted by Crippen LogP contribution is 2.16. The quantitative estimate of drug-likeness (QED) is 0.599. The van der Waals surface area contributed by atoms with E-state index in [4.69, 9.17) is 11.6 Å². The topological polar surface area (TPSA) is 97.2 Å². The van der Waals surface area contributed by atoms with Crippen LogP contribution in [0.5, 0.6) is 0 Å². The number of halogens is 1. The van der Waals surface area contributed by atoms with E-state index in [1.54, 1.807) is 0 Å². The molecule has 2 amide bonds. The molecule has 2 N–H and O–H groups in total. The molecule has 0 atom stereocenters. The lowest BCUT2D eigenvalue weighted by atomic mass is 10.5. The van der Waals surface area contributed by atoms with E-state index in [1.807, 2.05) is 0 Å². The number of nitro groups is 1. The summed E-state index contributed by atoms with van der Waals surface area (Å²) in [5, 5.41) is 11.2. The van der Waals surface area contributed by atoms with Crippen molar-refractivity contribution in [2.75, 3.05) is 0 Å². The summed E-state index contributed by atoms with van der Waals surface area (Å²) in [6.07, 6.45) is 1.49. The molecule has 14 heavy (non-hydrogen) atoms. The van der Waals surface area contributed by atoms with Crippen LogP contribution in [0.2, 0.25) is 4.47 Å². The normalized spacial score (nSPS) is 9.50. The third-order valence-electron chi connectivity index (χ3n) is 1.14. The van der Waals surface area contributed by atoms with Crippen LogP contribution in [0.4, 0.5) is 4.79 Å². The lowest BCUT2D eigenvalue weighted by molar-refractivity contribution is -0.527. The van der Waals surface area contributed by atoms with Crippen molar-refractivity contribution < 1.29 is 9.83 Å². The zero-order valence-electron chi connectivity index (χ0n) is 6.69. The Morgan fingerprint density at radius 2 is 2.50 bits per heavy atom. The third-order valence-corrected chi connectivity index (χ3v) is 2.26. The Labute approximate surface area is 87.2 Å². The van der Waals surface area contributed by atoms with Gasteiger partial charge >= 0.3 is 6.03 Å². The number of hydrazine groups is 1. The minimum absolute atomic E-state index is 0.157. The lowest BCUT2D eigenvalue weighted by Crippen LogP contribution is -2.38. The van der Waals surface area contributed by atoms with Crippen molar-refractivity contribution in [2.45, 2.75) is 6.54 Å². The van der Waals surface area contributed by atoms with Crippen LogP contribution in [-0.4, -0.2) is 16.0 Å². The highest BCUT2D eigenvalue weighted by atomic mass is 35.5. The summed E-state index contributed by atoms with van der Waals surface area (Å²) in [6.45, 7) is 0.157. The number of hydrogen-bond acceptors (Lipinski definition) is 5. The molecule has 0 aliphatic rings. The molecule has 1 aromatic rings. The van der Waals surface area contributed by atoms with Crippen LogP contribution < -0.4 is 10.7 Å². The Morgan fingerprint density at radius 3 is 3.00 bits per heavy atom. The summed E-state index contributed by atoms with van der Waals surface area (Å²) in [5.41, 5.74) is 1.44. The predicted molar refractivity (Wildman–Crippen MR) is 49.5 cm³/mol. The summed E-state index contributed by atoms with van der Waals surface area (Å²) in [6, 6.07) is -0.875. The fourth-order valence-corrected chi connectivity index (χ4v) is 1.57. The third kappa shape index (κ3) is 3.54. The van der Waals surface area contributed by atoms with Crippen LogP contribution in [0.3, 0.4) is 0 Å². The van der Waals surface area contributed by atoms with Crippen molar-refractivity contribution in [3.8, 4) is 0 Å². The second kappa shape index (κ2) is 4.72. The lowest BCUT2D eigenvalue weighted by Gasteiger charge is -1.98. The van der Waals surface area contributed by atoms with Gasteiger partial charge in [-0.2, -0.15) is 0 Å². The summed E-state index contributed by atoms with van der Waals surface area (Å²) in [4.78, 5) is 25.0. The van der Waals surface area contributed by atoms with Crippen molar-refractivity contribution >= 4 is 29.0 Å². The van der Waals surface area contributed by atoms with Crippen molar-refractivity contribution in [3.63, 3.8) is 0 Å². The van der Waals surface area contributed by atoms with Crippen LogP contribution in [0.15, 0.2) is 6.20 Å². The molecule has 0 saturated carbocycles. The van der Waals surface area contributed by atoms with E-state index in [2.05, 4.69) is 10.3 Å². The fourth-order valence-electron chi connectivity index (χ4n) is 0.655. The molecule has 0 unspecified atom stereocenters. The van der Waals surface area contributed by atoms with Crippen LogP contribution in [-0.2, 0) is 6.54 Å². The molecule has 1 heterocycles. The van der Waals surface area contributed by atoms with E-state index in [0.717, 1.165) is 0 Å². The van der Waals surface area contributed by atoms with Gasteiger partial charge in [-0.05, 0) is 0 Å². The van der Waals surface area contributed by atoms with Crippen LogP contribution in [0.1, 0.15) is 4.88 Å². The van der Waals surface area contributed by atoms with Gasteiger partial charge in [0.05, 0.1) is 6.54 Å². The molecular formula is C5H5ClN4O3S. The van der Waals surface area contributed by atoms with Gasteiger partial charge in [0.15, 0.2) is 9.50 Å². The van der Waals surface area contributed by atoms with Crippen LogP contribution in [0, 0.1) is 10.1 Å². The molecule has 0 saturated heterocycles. The van der Waals surface area contributed by atoms with E-state index in [-0.39, 0.29) is 6.54 Å². The van der Waals surface area contributed by atoms with Gasteiger partial charge < -0.3 is 5.32 Å². The SMILES string of the molecule is O=C(NCc1cnc(Cl)s1)N[N+](=O)[O-]. The second-order valence-electron chi connectivity index (χ2n) is 2.13. The predicted octanol–water partition coefficient (Wildman–Crippen LogP) is 0.787. The van der Waals surface area contributed by atoms with E-state index < -0.39 is 11.1 Å². The highest BCUT2D eigenvalue weighted by molar-refractivity contribution is 7.15. The summed E-state index contributed by atoms with van der Waals surface area (Å²) < 4.78 is 0.358. The molecule has 9 heteroatoms. The Hall–Kier alpha value is -1.41. The average molecular weight is 237 g/mol. The molecule has 0 fully saturated rings. The van der Waals surface area contributed by atoms with Gasteiger partial charge in [0, 0.05) is 11.1 Å². The molecule has 0 aliphatic carbocycles. The van der Waals surface area contributed by atoms with Crippen molar-refractivity contribution in [1.82, 2.24) is 15.7 Å². The maximum absolute atomic E-state index is 10.7. The highest BCUT2D eigenvalue weighted by Gasteiger charge is 2.07. The number of aromatic nitrogens is 1. The number of urea groups is 1. The standard InChI is InChI=1S/C5H5ClN4O3S/c6-4-7-1-3(14-4)2-8-5(11)9-10(12)13/h1H,2H2,(H2,8,9,11). The van der Waals surface area contributed by atoms with E-state index in [9.17, 15) is 14.9 Å². The molecule has 1 aromatic heterocycles. The zero-order chi connectivity index (χ0) is 10.6. The Balaban J connectivity index is 2.34. The van der Waals surface area contributed by atoms with Gasteiger partial charge in [-0.1, -0.05) is 17.0 Å².